The Morgan fingerprint density at radius 1 is 0.857 bits per heavy atom. The van der Waals surface area contributed by atoms with Gasteiger partial charge in [0.1, 0.15) is 0 Å². The molecule has 1 heterocycles. The van der Waals surface area contributed by atoms with Crippen LogP contribution in [0.1, 0.15) is 37.4 Å². The lowest BCUT2D eigenvalue weighted by Crippen LogP contribution is -2.28. The third kappa shape index (κ3) is 6.06. The molecule has 0 saturated heterocycles. The second kappa shape index (κ2) is 11.9. The summed E-state index contributed by atoms with van der Waals surface area (Å²) >= 11 is 0. The summed E-state index contributed by atoms with van der Waals surface area (Å²) in [5.74, 6) is 2.77. The van der Waals surface area contributed by atoms with Crippen molar-refractivity contribution in [2.75, 3.05) is 48.6 Å². The summed E-state index contributed by atoms with van der Waals surface area (Å²) < 4.78 is 23.2. The van der Waals surface area contributed by atoms with Gasteiger partial charge in [-0.3, -0.25) is 4.79 Å². The van der Waals surface area contributed by atoms with Crippen LogP contribution in [0.3, 0.4) is 0 Å². The second-order valence-electron chi connectivity index (χ2n) is 8.92. The Kier molecular flexibility index (Phi) is 8.98. The summed E-state index contributed by atoms with van der Waals surface area (Å²) in [6.45, 7) is 6.44. The molecule has 0 amide bonds. The van der Waals surface area contributed by atoms with Crippen LogP contribution in [0, 0.1) is 0 Å². The van der Waals surface area contributed by atoms with Gasteiger partial charge >= 0.3 is 0 Å². The first-order valence-electron chi connectivity index (χ1n) is 11.9. The van der Waals surface area contributed by atoms with Gasteiger partial charge in [-0.2, -0.15) is 5.10 Å². The first-order valence-corrected chi connectivity index (χ1v) is 11.9. The van der Waals surface area contributed by atoms with Crippen LogP contribution in [0.2, 0.25) is 0 Å². The molecule has 1 aromatic heterocycles. The summed E-state index contributed by atoms with van der Waals surface area (Å²) in [5, 5.41) is 6.13. The molecule has 0 aliphatic carbocycles. The average molecular weight is 484 g/mol. The van der Waals surface area contributed by atoms with Crippen molar-refractivity contribution in [3.63, 3.8) is 0 Å². The Balaban J connectivity index is 1.69. The van der Waals surface area contributed by atoms with Crippen LogP contribution in [0.4, 0.5) is 0 Å². The molecule has 0 N–H and O–H groups in total. The van der Waals surface area contributed by atoms with E-state index < -0.39 is 0 Å². The van der Waals surface area contributed by atoms with E-state index in [1.807, 2.05) is 18.2 Å². The van der Waals surface area contributed by atoms with Gasteiger partial charge in [-0.1, -0.05) is 19.9 Å². The number of fused-ring (bicyclic) bond motifs is 1. The molecule has 0 bridgehead atoms. The van der Waals surface area contributed by atoms with E-state index in [-0.39, 0.29) is 11.5 Å². The van der Waals surface area contributed by atoms with E-state index in [1.54, 1.807) is 39.2 Å². The van der Waals surface area contributed by atoms with Crippen molar-refractivity contribution >= 4 is 10.8 Å². The molecule has 0 fully saturated rings. The number of hydrogen-bond acceptors (Lipinski definition) is 7. The molecule has 2 aromatic carbocycles. The Hall–Kier alpha value is -3.26. The standard InChI is InChI=1S/C27H37N3O5/c1-18(2)26-20-16-24(34-6)25(35-7)17-21(20)27(31)30(28-26)13-8-12-29(3)14-11-19-9-10-22(32-4)23(15-19)33-5/h9-10,15-18H,8,11-14H2,1-7H3. The van der Waals surface area contributed by atoms with E-state index in [1.165, 1.54) is 5.56 Å². The van der Waals surface area contributed by atoms with E-state index in [2.05, 4.69) is 31.9 Å². The largest absolute Gasteiger partial charge is 0.493 e. The molecule has 0 saturated carbocycles. The molecule has 0 radical (unpaired) electrons. The quantitative estimate of drug-likeness (QED) is 0.384. The van der Waals surface area contributed by atoms with Gasteiger partial charge in [-0.05, 0) is 62.2 Å². The summed E-state index contributed by atoms with van der Waals surface area (Å²) in [6.07, 6.45) is 1.70. The number of nitrogens with zero attached hydrogens (tertiary/aromatic N) is 3. The minimum Gasteiger partial charge on any atom is -0.493 e. The van der Waals surface area contributed by atoms with Crippen molar-refractivity contribution < 1.29 is 18.9 Å². The minimum atomic E-state index is -0.113. The van der Waals surface area contributed by atoms with Crippen molar-refractivity contribution in [2.24, 2.45) is 0 Å². The number of benzene rings is 2. The lowest BCUT2D eigenvalue weighted by molar-refractivity contribution is 0.319. The van der Waals surface area contributed by atoms with Crippen molar-refractivity contribution in [2.45, 2.75) is 39.2 Å². The van der Waals surface area contributed by atoms with E-state index in [0.29, 0.717) is 23.4 Å². The van der Waals surface area contributed by atoms with Crippen LogP contribution < -0.4 is 24.5 Å². The van der Waals surface area contributed by atoms with E-state index >= 15 is 0 Å². The number of rotatable bonds is 12. The highest BCUT2D eigenvalue weighted by molar-refractivity contribution is 5.87. The summed E-state index contributed by atoms with van der Waals surface area (Å²) in [7, 11) is 8.54. The van der Waals surface area contributed by atoms with Crippen LogP contribution in [0.5, 0.6) is 23.0 Å². The molecule has 3 rings (SSSR count). The fourth-order valence-corrected chi connectivity index (χ4v) is 4.17. The van der Waals surface area contributed by atoms with Gasteiger partial charge in [0.05, 0.1) is 39.5 Å². The van der Waals surface area contributed by atoms with Gasteiger partial charge in [-0.25, -0.2) is 4.68 Å². The number of likely N-dealkylation sites (N-methyl/N-ethyl adjacent to an activating group) is 1. The zero-order valence-corrected chi connectivity index (χ0v) is 21.9. The number of hydrogen-bond donors (Lipinski definition) is 0. The Bertz CT molecular complexity index is 1210. The van der Waals surface area contributed by atoms with E-state index in [9.17, 15) is 4.79 Å². The molecule has 35 heavy (non-hydrogen) atoms. The van der Waals surface area contributed by atoms with Crippen LogP contribution in [-0.4, -0.2) is 63.3 Å². The number of methoxy groups -OCH3 is 4. The molecular formula is C27H37N3O5. The molecule has 190 valence electrons. The van der Waals surface area contributed by atoms with Gasteiger partial charge in [0.25, 0.3) is 5.56 Å². The first-order chi connectivity index (χ1) is 16.8. The van der Waals surface area contributed by atoms with Crippen LogP contribution in [0.25, 0.3) is 10.8 Å². The summed E-state index contributed by atoms with van der Waals surface area (Å²) in [5.41, 5.74) is 1.95. The number of aromatic nitrogens is 2. The van der Waals surface area contributed by atoms with Crippen molar-refractivity contribution in [3.05, 3.63) is 51.9 Å². The SMILES string of the molecule is COc1ccc(CCN(C)CCCn2nc(C(C)C)c3cc(OC)c(OC)cc3c2=O)cc1OC. The van der Waals surface area contributed by atoms with Crippen molar-refractivity contribution in [1.82, 2.24) is 14.7 Å². The van der Waals surface area contributed by atoms with Crippen molar-refractivity contribution in [3.8, 4) is 23.0 Å². The topological polar surface area (TPSA) is 75.0 Å². The second-order valence-corrected chi connectivity index (χ2v) is 8.92. The Morgan fingerprint density at radius 2 is 1.46 bits per heavy atom. The maximum absolute atomic E-state index is 13.2. The molecule has 0 atom stereocenters. The predicted molar refractivity (Wildman–Crippen MR) is 139 cm³/mol. The third-order valence-corrected chi connectivity index (χ3v) is 6.18. The molecule has 8 heteroatoms. The molecule has 0 unspecified atom stereocenters. The Morgan fingerprint density at radius 3 is 2.06 bits per heavy atom. The third-order valence-electron chi connectivity index (χ3n) is 6.18. The van der Waals surface area contributed by atoms with Gasteiger partial charge in [0, 0.05) is 18.5 Å². The monoisotopic (exact) mass is 483 g/mol. The van der Waals surface area contributed by atoms with Gasteiger partial charge in [0.15, 0.2) is 23.0 Å². The van der Waals surface area contributed by atoms with Crippen LogP contribution in [-0.2, 0) is 13.0 Å². The zero-order valence-electron chi connectivity index (χ0n) is 21.9. The number of aryl methyl sites for hydroxylation is 1. The molecule has 0 aliphatic heterocycles. The fourth-order valence-electron chi connectivity index (χ4n) is 4.17. The molecule has 8 nitrogen and oxygen atoms in total. The average Bonchev–Trinajstić information content (AvgIpc) is 2.87. The zero-order chi connectivity index (χ0) is 25.5. The molecular weight excluding hydrogens is 446 g/mol. The van der Waals surface area contributed by atoms with Gasteiger partial charge < -0.3 is 23.8 Å². The number of ether oxygens (including phenoxy) is 4. The highest BCUT2D eigenvalue weighted by Crippen LogP contribution is 2.33. The highest BCUT2D eigenvalue weighted by Gasteiger charge is 2.17. The normalized spacial score (nSPS) is 11.3. The molecule has 3 aromatic rings. The maximum Gasteiger partial charge on any atom is 0.274 e. The smallest absolute Gasteiger partial charge is 0.274 e. The first kappa shape index (κ1) is 26.3. The Labute approximate surface area is 207 Å². The lowest BCUT2D eigenvalue weighted by Gasteiger charge is -2.18. The summed E-state index contributed by atoms with van der Waals surface area (Å²) in [4.78, 5) is 15.5. The van der Waals surface area contributed by atoms with Gasteiger partial charge in [-0.15, -0.1) is 0 Å². The van der Waals surface area contributed by atoms with E-state index in [0.717, 1.165) is 48.5 Å². The molecule has 0 spiro atoms. The van der Waals surface area contributed by atoms with Crippen LogP contribution >= 0.6 is 0 Å². The highest BCUT2D eigenvalue weighted by atomic mass is 16.5. The van der Waals surface area contributed by atoms with E-state index in [4.69, 9.17) is 24.0 Å². The van der Waals surface area contributed by atoms with Crippen molar-refractivity contribution in [1.29, 1.82) is 0 Å². The molecule has 0 aliphatic rings. The maximum atomic E-state index is 13.2. The fraction of sp³-hybridized carbons (Fsp3) is 0.481. The summed E-state index contributed by atoms with van der Waals surface area (Å²) in [6, 6.07) is 9.62. The lowest BCUT2D eigenvalue weighted by atomic mass is 10.0. The van der Waals surface area contributed by atoms with Gasteiger partial charge in [0.2, 0.25) is 0 Å². The predicted octanol–water partition coefficient (Wildman–Crippen LogP) is 4.12. The minimum absolute atomic E-state index is 0.113. The van der Waals surface area contributed by atoms with Crippen LogP contribution in [0.15, 0.2) is 35.1 Å².